The number of carbonyl (C=O) groups excluding carboxylic acids is 1. The van der Waals surface area contributed by atoms with E-state index in [1.807, 2.05) is 37.3 Å². The Bertz CT molecular complexity index is 1190. The number of aromatic nitrogens is 2. The molecule has 2 fully saturated rings. The zero-order valence-corrected chi connectivity index (χ0v) is 21.9. The van der Waals surface area contributed by atoms with Crippen molar-refractivity contribution in [3.63, 3.8) is 0 Å². The number of halogens is 1. The number of piperazine rings is 1. The largest absolute Gasteiger partial charge is 0.455 e. The molecule has 3 aromatic rings. The molecule has 5 rings (SSSR count). The van der Waals surface area contributed by atoms with E-state index in [9.17, 15) is 4.79 Å². The zero-order valence-electron chi connectivity index (χ0n) is 20.3. The number of aryl methyl sites for hydroxylation is 1. The van der Waals surface area contributed by atoms with Gasteiger partial charge in [-0.2, -0.15) is 0 Å². The van der Waals surface area contributed by atoms with Crippen molar-refractivity contribution >= 4 is 40.8 Å². The van der Waals surface area contributed by atoms with Gasteiger partial charge in [-0.05, 0) is 44.0 Å². The predicted octanol–water partition coefficient (Wildman–Crippen LogP) is 4.56. The number of nitrogens with zero attached hydrogens (tertiary/aromatic N) is 4. The van der Waals surface area contributed by atoms with Gasteiger partial charge in [0.25, 0.3) is 5.91 Å². The zero-order chi connectivity index (χ0) is 24.9. The van der Waals surface area contributed by atoms with E-state index in [4.69, 9.17) is 25.7 Å². The smallest absolute Gasteiger partial charge is 0.287 e. The van der Waals surface area contributed by atoms with Gasteiger partial charge in [-0.3, -0.25) is 4.79 Å². The standard InChI is InChI=1S/C26H30ClN5O3S/c1-18-15-24(32-12-10-31(11-13-32)22-7-3-2-6-21(22)27)30-26(29-18)36-17-20-8-9-23(35-20)25(33)28-16-19-5-4-14-34-19/h2-3,6-9,15,19H,4-5,10-14,16-17H2,1H3,(H,28,33). The number of hydrogen-bond donors (Lipinski definition) is 1. The first-order valence-corrected chi connectivity index (χ1v) is 13.6. The third-order valence-electron chi connectivity index (χ3n) is 6.36. The lowest BCUT2D eigenvalue weighted by Gasteiger charge is -2.37. The molecule has 1 aromatic carbocycles. The monoisotopic (exact) mass is 527 g/mol. The Hall–Kier alpha value is -2.75. The fraction of sp³-hybridized carbons (Fsp3) is 0.423. The number of hydrogen-bond acceptors (Lipinski definition) is 8. The first-order chi connectivity index (χ1) is 17.5. The number of rotatable bonds is 8. The molecular formula is C26H30ClN5O3S. The van der Waals surface area contributed by atoms with Gasteiger partial charge in [0.2, 0.25) is 0 Å². The van der Waals surface area contributed by atoms with Gasteiger partial charge in [0.15, 0.2) is 10.9 Å². The summed E-state index contributed by atoms with van der Waals surface area (Å²) in [7, 11) is 0. The van der Waals surface area contributed by atoms with Gasteiger partial charge in [-0.1, -0.05) is 35.5 Å². The van der Waals surface area contributed by atoms with E-state index in [1.54, 1.807) is 6.07 Å². The summed E-state index contributed by atoms with van der Waals surface area (Å²) in [6.45, 7) is 6.72. The summed E-state index contributed by atoms with van der Waals surface area (Å²) in [5, 5.41) is 4.37. The summed E-state index contributed by atoms with van der Waals surface area (Å²) in [5.41, 5.74) is 2.00. The molecule has 2 saturated heterocycles. The van der Waals surface area contributed by atoms with Crippen molar-refractivity contribution in [1.29, 1.82) is 0 Å². The average Bonchev–Trinajstić information content (AvgIpc) is 3.59. The van der Waals surface area contributed by atoms with Crippen molar-refractivity contribution in [2.45, 2.75) is 36.8 Å². The van der Waals surface area contributed by atoms with Crippen LogP contribution in [0.1, 0.15) is 34.9 Å². The van der Waals surface area contributed by atoms with Crippen molar-refractivity contribution in [3.05, 3.63) is 64.7 Å². The van der Waals surface area contributed by atoms with Crippen LogP contribution in [0.25, 0.3) is 0 Å². The van der Waals surface area contributed by atoms with Crippen molar-refractivity contribution < 1.29 is 13.9 Å². The van der Waals surface area contributed by atoms with E-state index in [1.165, 1.54) is 11.8 Å². The first kappa shape index (κ1) is 24.9. The summed E-state index contributed by atoms with van der Waals surface area (Å²) in [4.78, 5) is 26.4. The number of carbonyl (C=O) groups is 1. The fourth-order valence-corrected chi connectivity index (χ4v) is 5.50. The highest BCUT2D eigenvalue weighted by molar-refractivity contribution is 7.98. The number of anilines is 2. The number of benzene rings is 1. The highest BCUT2D eigenvalue weighted by Gasteiger charge is 2.21. The Kier molecular flexibility index (Phi) is 7.99. The van der Waals surface area contributed by atoms with Crippen LogP contribution in [0.3, 0.4) is 0 Å². The summed E-state index contributed by atoms with van der Waals surface area (Å²) in [6.07, 6.45) is 2.13. The van der Waals surface area contributed by atoms with Crippen molar-refractivity contribution in [3.8, 4) is 0 Å². The van der Waals surface area contributed by atoms with E-state index >= 15 is 0 Å². The Morgan fingerprint density at radius 2 is 1.94 bits per heavy atom. The molecule has 0 aliphatic carbocycles. The average molecular weight is 528 g/mol. The molecule has 2 aliphatic heterocycles. The Labute approximate surface area is 220 Å². The predicted molar refractivity (Wildman–Crippen MR) is 142 cm³/mol. The SMILES string of the molecule is Cc1cc(N2CCN(c3ccccc3Cl)CC2)nc(SCc2ccc(C(=O)NCC3CCCO3)o2)n1. The van der Waals surface area contributed by atoms with Gasteiger partial charge in [0, 0.05) is 51.1 Å². The quantitative estimate of drug-likeness (QED) is 0.337. The van der Waals surface area contributed by atoms with E-state index in [2.05, 4.69) is 26.2 Å². The molecule has 2 aliphatic rings. The van der Waals surface area contributed by atoms with Crippen LogP contribution >= 0.6 is 23.4 Å². The lowest BCUT2D eigenvalue weighted by Crippen LogP contribution is -2.47. The lowest BCUT2D eigenvalue weighted by atomic mass is 10.2. The van der Waals surface area contributed by atoms with Gasteiger partial charge in [-0.25, -0.2) is 9.97 Å². The molecule has 8 nitrogen and oxygen atoms in total. The van der Waals surface area contributed by atoms with Crippen molar-refractivity contribution in [1.82, 2.24) is 15.3 Å². The van der Waals surface area contributed by atoms with Crippen LogP contribution in [-0.2, 0) is 10.5 Å². The molecule has 1 unspecified atom stereocenters. The molecule has 1 amide bonds. The van der Waals surface area contributed by atoms with Crippen LogP contribution in [0.5, 0.6) is 0 Å². The van der Waals surface area contributed by atoms with Crippen molar-refractivity contribution in [2.75, 3.05) is 49.1 Å². The number of para-hydroxylation sites is 1. The minimum Gasteiger partial charge on any atom is -0.455 e. The van der Waals surface area contributed by atoms with Gasteiger partial charge < -0.3 is 24.3 Å². The van der Waals surface area contributed by atoms with Gasteiger partial charge in [0.1, 0.15) is 11.6 Å². The van der Waals surface area contributed by atoms with E-state index in [-0.39, 0.29) is 12.0 Å². The molecule has 1 atom stereocenters. The third-order valence-corrected chi connectivity index (χ3v) is 7.55. The van der Waals surface area contributed by atoms with Crippen LogP contribution in [0.4, 0.5) is 11.5 Å². The number of ether oxygens (including phenoxy) is 1. The molecule has 1 N–H and O–H groups in total. The molecular weight excluding hydrogens is 498 g/mol. The highest BCUT2D eigenvalue weighted by atomic mass is 35.5. The normalized spacial score (nSPS) is 18.0. The van der Waals surface area contributed by atoms with Gasteiger partial charge in [-0.15, -0.1) is 0 Å². The summed E-state index contributed by atoms with van der Waals surface area (Å²) in [5.74, 6) is 2.28. The van der Waals surface area contributed by atoms with E-state index < -0.39 is 0 Å². The maximum absolute atomic E-state index is 12.4. The fourth-order valence-electron chi connectivity index (χ4n) is 4.45. The Morgan fingerprint density at radius 1 is 1.14 bits per heavy atom. The van der Waals surface area contributed by atoms with Crippen LogP contribution < -0.4 is 15.1 Å². The van der Waals surface area contributed by atoms with Crippen LogP contribution in [0, 0.1) is 6.92 Å². The number of thioether (sulfide) groups is 1. The molecule has 190 valence electrons. The van der Waals surface area contributed by atoms with Crippen LogP contribution in [0.2, 0.25) is 5.02 Å². The minimum atomic E-state index is -0.216. The molecule has 10 heteroatoms. The number of furan rings is 1. The maximum Gasteiger partial charge on any atom is 0.287 e. The molecule has 0 radical (unpaired) electrons. The minimum absolute atomic E-state index is 0.103. The molecule has 0 saturated carbocycles. The maximum atomic E-state index is 12.4. The first-order valence-electron chi connectivity index (χ1n) is 12.3. The Morgan fingerprint density at radius 3 is 2.72 bits per heavy atom. The molecule has 4 heterocycles. The third kappa shape index (κ3) is 6.14. The topological polar surface area (TPSA) is 83.7 Å². The molecule has 2 aromatic heterocycles. The second-order valence-corrected chi connectivity index (χ2v) is 10.3. The number of amides is 1. The van der Waals surface area contributed by atoms with Gasteiger partial charge >= 0.3 is 0 Å². The molecule has 36 heavy (non-hydrogen) atoms. The number of nitrogens with one attached hydrogen (secondary N) is 1. The highest BCUT2D eigenvalue weighted by Crippen LogP contribution is 2.28. The summed E-state index contributed by atoms with van der Waals surface area (Å²) >= 11 is 7.89. The van der Waals surface area contributed by atoms with Crippen molar-refractivity contribution in [2.24, 2.45) is 0 Å². The second kappa shape index (κ2) is 11.5. The molecule has 0 spiro atoms. The lowest BCUT2D eigenvalue weighted by molar-refractivity contribution is 0.0834. The summed E-state index contributed by atoms with van der Waals surface area (Å²) < 4.78 is 11.3. The summed E-state index contributed by atoms with van der Waals surface area (Å²) in [6, 6.07) is 13.5. The molecule has 0 bridgehead atoms. The van der Waals surface area contributed by atoms with Gasteiger partial charge in [0.05, 0.1) is 22.6 Å². The second-order valence-electron chi connectivity index (χ2n) is 8.98. The van der Waals surface area contributed by atoms with E-state index in [0.717, 1.165) is 67.8 Å². The van der Waals surface area contributed by atoms with Crippen LogP contribution in [0.15, 0.2) is 52.0 Å². The Balaban J connectivity index is 1.15. The van der Waals surface area contributed by atoms with E-state index in [0.29, 0.717) is 29.0 Å². The van der Waals surface area contributed by atoms with Crippen LogP contribution in [-0.4, -0.2) is 61.3 Å².